The third-order valence-electron chi connectivity index (χ3n) is 2.98. The number of rotatable bonds is 4. The van der Waals surface area contributed by atoms with Gasteiger partial charge in [-0.3, -0.25) is 14.0 Å². The van der Waals surface area contributed by atoms with Crippen molar-refractivity contribution in [2.45, 2.75) is 26.4 Å². The van der Waals surface area contributed by atoms with Crippen LogP contribution in [0.25, 0.3) is 4.96 Å². The van der Waals surface area contributed by atoms with Crippen molar-refractivity contribution in [3.8, 4) is 0 Å². The molecular formula is C13H17N3O3S. The van der Waals surface area contributed by atoms with Gasteiger partial charge in [-0.1, -0.05) is 0 Å². The third-order valence-corrected chi connectivity index (χ3v) is 3.89. The van der Waals surface area contributed by atoms with Crippen LogP contribution in [0.5, 0.6) is 0 Å². The van der Waals surface area contributed by atoms with Gasteiger partial charge in [-0.15, -0.1) is 11.3 Å². The van der Waals surface area contributed by atoms with E-state index in [2.05, 4.69) is 4.98 Å². The number of carbonyl (C=O) groups is 1. The Hall–Kier alpha value is -1.73. The molecule has 2 rings (SSSR count). The average Bonchev–Trinajstić information content (AvgIpc) is 2.77. The highest BCUT2D eigenvalue weighted by atomic mass is 32.1. The second-order valence-electron chi connectivity index (χ2n) is 4.84. The Bertz CT molecular complexity index is 690. The molecule has 0 aliphatic carbocycles. The normalized spacial score (nSPS) is 12.6. The summed E-state index contributed by atoms with van der Waals surface area (Å²) in [6, 6.07) is 0. The van der Waals surface area contributed by atoms with Crippen LogP contribution in [0.4, 0.5) is 0 Å². The maximum Gasteiger partial charge on any atom is 0.271 e. The molecule has 0 fully saturated rings. The fraction of sp³-hybridized carbons (Fsp3) is 0.462. The maximum atomic E-state index is 12.3. The van der Waals surface area contributed by atoms with E-state index in [9.17, 15) is 14.7 Å². The Kier molecular flexibility index (Phi) is 4.20. The van der Waals surface area contributed by atoms with Crippen LogP contribution in [0.3, 0.4) is 0 Å². The van der Waals surface area contributed by atoms with Crippen molar-refractivity contribution in [3.63, 3.8) is 0 Å². The van der Waals surface area contributed by atoms with Crippen LogP contribution in [0.15, 0.2) is 17.2 Å². The van der Waals surface area contributed by atoms with Crippen molar-refractivity contribution in [1.82, 2.24) is 14.3 Å². The summed E-state index contributed by atoms with van der Waals surface area (Å²) in [5.74, 6) is -0.374. The molecule has 20 heavy (non-hydrogen) atoms. The van der Waals surface area contributed by atoms with Crippen molar-refractivity contribution < 1.29 is 9.90 Å². The Labute approximate surface area is 120 Å². The van der Waals surface area contributed by atoms with Crippen molar-refractivity contribution in [2.24, 2.45) is 0 Å². The Morgan fingerprint density at radius 3 is 2.95 bits per heavy atom. The molecule has 1 amide bonds. The number of aliphatic hydroxyl groups excluding tert-OH is 1. The van der Waals surface area contributed by atoms with E-state index in [1.807, 2.05) is 6.92 Å². The Morgan fingerprint density at radius 1 is 1.60 bits per heavy atom. The zero-order chi connectivity index (χ0) is 14.9. The fourth-order valence-electron chi connectivity index (χ4n) is 1.83. The zero-order valence-electron chi connectivity index (χ0n) is 11.7. The quantitative estimate of drug-likeness (QED) is 0.909. The van der Waals surface area contributed by atoms with E-state index in [1.54, 1.807) is 20.2 Å². The van der Waals surface area contributed by atoms with Gasteiger partial charge in [0.25, 0.3) is 11.5 Å². The van der Waals surface area contributed by atoms with Gasteiger partial charge in [-0.2, -0.15) is 0 Å². The molecule has 7 heteroatoms. The second-order valence-corrected chi connectivity index (χ2v) is 6.05. The van der Waals surface area contributed by atoms with Gasteiger partial charge in [-0.25, -0.2) is 4.98 Å². The first-order chi connectivity index (χ1) is 9.40. The molecule has 6 nitrogen and oxygen atoms in total. The van der Waals surface area contributed by atoms with Crippen molar-refractivity contribution in [2.75, 3.05) is 13.6 Å². The molecular weight excluding hydrogens is 278 g/mol. The molecule has 2 heterocycles. The smallest absolute Gasteiger partial charge is 0.271 e. The molecule has 0 saturated heterocycles. The van der Waals surface area contributed by atoms with Gasteiger partial charge in [-0.05, 0) is 20.3 Å². The number of hydrogen-bond acceptors (Lipinski definition) is 5. The number of aromatic nitrogens is 2. The number of aliphatic hydroxyl groups is 1. The van der Waals surface area contributed by atoms with E-state index < -0.39 is 6.10 Å². The SMILES string of the molecule is Cc1cn2c(=O)c(C(=O)N(C)CCC(C)O)cnc2s1. The fourth-order valence-corrected chi connectivity index (χ4v) is 2.62. The number of fused-ring (bicyclic) bond motifs is 1. The van der Waals surface area contributed by atoms with Crippen molar-refractivity contribution >= 4 is 22.2 Å². The number of nitrogens with zero attached hydrogens (tertiary/aromatic N) is 3. The van der Waals surface area contributed by atoms with Gasteiger partial charge in [0, 0.05) is 30.9 Å². The van der Waals surface area contributed by atoms with Crippen LogP contribution in [0.2, 0.25) is 0 Å². The van der Waals surface area contributed by atoms with Crippen molar-refractivity contribution in [3.05, 3.63) is 33.2 Å². The molecule has 108 valence electrons. The number of thiazole rings is 1. The molecule has 0 bridgehead atoms. The number of amides is 1. The molecule has 1 N–H and O–H groups in total. The first-order valence-electron chi connectivity index (χ1n) is 6.31. The van der Waals surface area contributed by atoms with Crippen LogP contribution in [0, 0.1) is 6.92 Å². The summed E-state index contributed by atoms with van der Waals surface area (Å²) in [5.41, 5.74) is -0.304. The Balaban J connectivity index is 2.30. The maximum absolute atomic E-state index is 12.3. The lowest BCUT2D eigenvalue weighted by Gasteiger charge is -2.17. The topological polar surface area (TPSA) is 74.9 Å². The third kappa shape index (κ3) is 2.88. The summed E-state index contributed by atoms with van der Waals surface area (Å²) in [6.45, 7) is 3.94. The standard InChI is InChI=1S/C13H17N3O3S/c1-8(17)4-5-15(3)11(18)10-6-14-13-16(12(10)19)7-9(2)20-13/h6-8,17H,4-5H2,1-3H3. The predicted molar refractivity (Wildman–Crippen MR) is 77.3 cm³/mol. The summed E-state index contributed by atoms with van der Waals surface area (Å²) < 4.78 is 1.40. The number of hydrogen-bond donors (Lipinski definition) is 1. The largest absolute Gasteiger partial charge is 0.393 e. The first-order valence-corrected chi connectivity index (χ1v) is 7.13. The van der Waals surface area contributed by atoms with E-state index in [4.69, 9.17) is 0 Å². The average molecular weight is 295 g/mol. The second kappa shape index (κ2) is 5.72. The molecule has 0 aromatic carbocycles. The van der Waals surface area contributed by atoms with Crippen LogP contribution in [0.1, 0.15) is 28.6 Å². The molecule has 0 spiro atoms. The molecule has 0 saturated carbocycles. The minimum atomic E-state index is -0.480. The van der Waals surface area contributed by atoms with Gasteiger partial charge >= 0.3 is 0 Å². The summed E-state index contributed by atoms with van der Waals surface area (Å²) in [7, 11) is 1.61. The summed E-state index contributed by atoms with van der Waals surface area (Å²) in [4.78, 5) is 31.6. The van der Waals surface area contributed by atoms with Gasteiger partial charge < -0.3 is 10.0 Å². The molecule has 0 radical (unpaired) electrons. The number of carbonyl (C=O) groups excluding carboxylic acids is 1. The highest BCUT2D eigenvalue weighted by molar-refractivity contribution is 7.16. The highest BCUT2D eigenvalue weighted by Crippen LogP contribution is 2.13. The monoisotopic (exact) mass is 295 g/mol. The molecule has 0 aliphatic heterocycles. The van der Waals surface area contributed by atoms with Gasteiger partial charge in [0.2, 0.25) is 0 Å². The summed E-state index contributed by atoms with van der Waals surface area (Å²) in [6.07, 6.45) is 3.00. The lowest BCUT2D eigenvalue weighted by molar-refractivity contribution is 0.0766. The van der Waals surface area contributed by atoms with E-state index in [0.717, 1.165) is 4.88 Å². The van der Waals surface area contributed by atoms with E-state index in [0.29, 0.717) is 17.9 Å². The lowest BCUT2D eigenvalue weighted by Crippen LogP contribution is -2.34. The zero-order valence-corrected chi connectivity index (χ0v) is 12.5. The molecule has 1 unspecified atom stereocenters. The van der Waals surface area contributed by atoms with Crippen LogP contribution in [-0.2, 0) is 0 Å². The molecule has 1 atom stereocenters. The van der Waals surface area contributed by atoms with Crippen LogP contribution in [-0.4, -0.2) is 45.0 Å². The van der Waals surface area contributed by atoms with E-state index >= 15 is 0 Å². The minimum absolute atomic E-state index is 0.0494. The first kappa shape index (κ1) is 14.7. The Morgan fingerprint density at radius 2 is 2.30 bits per heavy atom. The lowest BCUT2D eigenvalue weighted by atomic mass is 10.2. The van der Waals surface area contributed by atoms with Crippen LogP contribution < -0.4 is 5.56 Å². The van der Waals surface area contributed by atoms with Gasteiger partial charge in [0.05, 0.1) is 6.10 Å². The summed E-state index contributed by atoms with van der Waals surface area (Å²) in [5, 5.41) is 9.24. The summed E-state index contributed by atoms with van der Waals surface area (Å²) >= 11 is 1.40. The molecule has 2 aromatic heterocycles. The minimum Gasteiger partial charge on any atom is -0.393 e. The van der Waals surface area contributed by atoms with E-state index in [-0.39, 0.29) is 17.0 Å². The van der Waals surface area contributed by atoms with Crippen LogP contribution >= 0.6 is 11.3 Å². The highest BCUT2D eigenvalue weighted by Gasteiger charge is 2.18. The van der Waals surface area contributed by atoms with E-state index in [1.165, 1.54) is 26.8 Å². The van der Waals surface area contributed by atoms with Gasteiger partial charge in [0.15, 0.2) is 4.96 Å². The molecule has 2 aromatic rings. The predicted octanol–water partition coefficient (Wildman–Crippen LogP) is 0.907. The van der Waals surface area contributed by atoms with Crippen molar-refractivity contribution in [1.29, 1.82) is 0 Å². The van der Waals surface area contributed by atoms with Gasteiger partial charge in [0.1, 0.15) is 5.56 Å². The number of aryl methyl sites for hydroxylation is 1. The molecule has 0 aliphatic rings.